The zero-order valence-corrected chi connectivity index (χ0v) is 14.0. The van der Waals surface area contributed by atoms with E-state index in [2.05, 4.69) is 20.3 Å². The van der Waals surface area contributed by atoms with Crippen LogP contribution in [-0.2, 0) is 16.0 Å². The molecule has 0 unspecified atom stereocenters. The largest absolute Gasteiger partial charge is 0.474 e. The number of hydrogen-bond acceptors (Lipinski definition) is 8. The highest BCUT2D eigenvalue weighted by atomic mass is 16.5. The average molecular weight is 344 g/mol. The Hall–Kier alpha value is -2.74. The molecule has 0 amide bonds. The summed E-state index contributed by atoms with van der Waals surface area (Å²) in [5.74, 6) is 0.522. The molecular formula is C17H20N4O4. The van der Waals surface area contributed by atoms with Gasteiger partial charge in [0.25, 0.3) is 0 Å². The number of carbonyl (C=O) groups excluding carboxylic acids is 1. The van der Waals surface area contributed by atoms with Crippen molar-refractivity contribution < 1.29 is 19.0 Å². The Morgan fingerprint density at radius 1 is 1.36 bits per heavy atom. The van der Waals surface area contributed by atoms with E-state index in [1.54, 1.807) is 6.20 Å². The van der Waals surface area contributed by atoms with Crippen LogP contribution in [0.15, 0.2) is 30.9 Å². The normalized spacial score (nSPS) is 14.8. The highest BCUT2D eigenvalue weighted by Crippen LogP contribution is 2.18. The van der Waals surface area contributed by atoms with Gasteiger partial charge in [0.05, 0.1) is 20.3 Å². The third-order valence-corrected chi connectivity index (χ3v) is 3.83. The van der Waals surface area contributed by atoms with Gasteiger partial charge < -0.3 is 19.5 Å². The van der Waals surface area contributed by atoms with Gasteiger partial charge in [-0.05, 0) is 11.6 Å². The number of aromatic nitrogens is 3. The van der Waals surface area contributed by atoms with Gasteiger partial charge in [-0.1, -0.05) is 0 Å². The second kappa shape index (κ2) is 8.39. The molecule has 1 aliphatic rings. The molecule has 8 nitrogen and oxygen atoms in total. The molecule has 0 saturated carbocycles. The number of esters is 1. The maximum atomic E-state index is 11.7. The van der Waals surface area contributed by atoms with Crippen LogP contribution < -0.4 is 10.1 Å². The number of ether oxygens (including phenoxy) is 3. The van der Waals surface area contributed by atoms with Gasteiger partial charge in [-0.3, -0.25) is 0 Å². The Morgan fingerprint density at radius 2 is 2.20 bits per heavy atom. The molecule has 0 bridgehead atoms. The molecule has 0 aromatic carbocycles. The molecule has 25 heavy (non-hydrogen) atoms. The van der Waals surface area contributed by atoms with E-state index < -0.39 is 5.97 Å². The predicted molar refractivity (Wildman–Crippen MR) is 89.4 cm³/mol. The summed E-state index contributed by atoms with van der Waals surface area (Å²) in [6.45, 7) is 1.90. The van der Waals surface area contributed by atoms with E-state index in [1.165, 1.54) is 19.6 Å². The van der Waals surface area contributed by atoms with Crippen molar-refractivity contribution in [1.82, 2.24) is 15.0 Å². The summed E-state index contributed by atoms with van der Waals surface area (Å²) < 4.78 is 16.0. The summed E-state index contributed by atoms with van der Waals surface area (Å²) in [5, 5.41) is 3.12. The fourth-order valence-electron chi connectivity index (χ4n) is 2.51. The van der Waals surface area contributed by atoms with E-state index in [-0.39, 0.29) is 11.7 Å². The maximum Gasteiger partial charge on any atom is 0.343 e. The lowest BCUT2D eigenvalue weighted by Gasteiger charge is -2.22. The average Bonchev–Trinajstić information content (AvgIpc) is 2.67. The van der Waals surface area contributed by atoms with Crippen molar-refractivity contribution in [3.8, 4) is 5.88 Å². The molecule has 0 atom stereocenters. The smallest absolute Gasteiger partial charge is 0.343 e. The highest BCUT2D eigenvalue weighted by molar-refractivity contribution is 5.94. The van der Waals surface area contributed by atoms with E-state index in [4.69, 9.17) is 14.2 Å². The second-order valence-corrected chi connectivity index (χ2v) is 5.56. The lowest BCUT2D eigenvalue weighted by atomic mass is 10.1. The lowest BCUT2D eigenvalue weighted by molar-refractivity contribution is 0.0237. The molecule has 1 saturated heterocycles. The van der Waals surface area contributed by atoms with Crippen LogP contribution in [0.1, 0.15) is 28.8 Å². The first-order chi connectivity index (χ1) is 12.3. The summed E-state index contributed by atoms with van der Waals surface area (Å²) in [4.78, 5) is 23.9. The number of anilines is 1. The first-order valence-electron chi connectivity index (χ1n) is 8.08. The maximum absolute atomic E-state index is 11.7. The van der Waals surface area contributed by atoms with Crippen molar-refractivity contribution in [2.24, 2.45) is 0 Å². The number of carbonyl (C=O) groups is 1. The van der Waals surface area contributed by atoms with E-state index >= 15 is 0 Å². The molecule has 1 N–H and O–H groups in total. The zero-order valence-electron chi connectivity index (χ0n) is 14.0. The Bertz CT molecular complexity index is 719. The van der Waals surface area contributed by atoms with Gasteiger partial charge >= 0.3 is 5.97 Å². The van der Waals surface area contributed by atoms with Crippen LogP contribution in [-0.4, -0.2) is 47.3 Å². The molecule has 132 valence electrons. The molecule has 2 aromatic heterocycles. The van der Waals surface area contributed by atoms with Gasteiger partial charge in [0.2, 0.25) is 5.88 Å². The number of nitrogens with zero attached hydrogens (tertiary/aromatic N) is 3. The molecule has 8 heteroatoms. The van der Waals surface area contributed by atoms with Crippen LogP contribution >= 0.6 is 0 Å². The number of methoxy groups -OCH3 is 1. The highest BCUT2D eigenvalue weighted by Gasteiger charge is 2.16. The summed E-state index contributed by atoms with van der Waals surface area (Å²) in [6.07, 6.45) is 6.37. The third kappa shape index (κ3) is 4.63. The van der Waals surface area contributed by atoms with Crippen molar-refractivity contribution >= 4 is 11.8 Å². The van der Waals surface area contributed by atoms with Crippen LogP contribution in [0.2, 0.25) is 0 Å². The summed E-state index contributed by atoms with van der Waals surface area (Å²) >= 11 is 0. The summed E-state index contributed by atoms with van der Waals surface area (Å²) in [7, 11) is 1.32. The number of pyridine rings is 1. The molecule has 0 radical (unpaired) electrons. The summed E-state index contributed by atoms with van der Waals surface area (Å²) in [5.41, 5.74) is 1.25. The minimum absolute atomic E-state index is 0.136. The van der Waals surface area contributed by atoms with Crippen molar-refractivity contribution in [2.45, 2.75) is 25.5 Å². The summed E-state index contributed by atoms with van der Waals surface area (Å²) in [6, 6.07) is 3.75. The minimum atomic E-state index is -0.485. The van der Waals surface area contributed by atoms with Crippen molar-refractivity contribution in [2.75, 3.05) is 25.6 Å². The van der Waals surface area contributed by atoms with Crippen LogP contribution in [0, 0.1) is 0 Å². The van der Waals surface area contributed by atoms with Crippen molar-refractivity contribution in [3.05, 3.63) is 42.0 Å². The topological polar surface area (TPSA) is 95.5 Å². The monoisotopic (exact) mass is 344 g/mol. The molecule has 3 rings (SSSR count). The van der Waals surface area contributed by atoms with Gasteiger partial charge in [-0.15, -0.1) is 0 Å². The Kier molecular flexibility index (Phi) is 5.73. The van der Waals surface area contributed by atoms with Crippen molar-refractivity contribution in [1.29, 1.82) is 0 Å². The quantitative estimate of drug-likeness (QED) is 0.793. The van der Waals surface area contributed by atoms with Gasteiger partial charge in [-0.25, -0.2) is 19.7 Å². The molecular weight excluding hydrogens is 324 g/mol. The van der Waals surface area contributed by atoms with Gasteiger partial charge in [0.1, 0.15) is 23.8 Å². The number of nitrogens with one attached hydrogen (secondary N) is 1. The zero-order chi connectivity index (χ0) is 17.5. The van der Waals surface area contributed by atoms with Crippen LogP contribution in [0.3, 0.4) is 0 Å². The third-order valence-electron chi connectivity index (χ3n) is 3.83. The van der Waals surface area contributed by atoms with Crippen LogP contribution in [0.5, 0.6) is 5.88 Å². The van der Waals surface area contributed by atoms with Crippen LogP contribution in [0.4, 0.5) is 5.82 Å². The minimum Gasteiger partial charge on any atom is -0.474 e. The lowest BCUT2D eigenvalue weighted by Crippen LogP contribution is -2.26. The Labute approximate surface area is 145 Å². The Morgan fingerprint density at radius 3 is 3.00 bits per heavy atom. The first-order valence-corrected chi connectivity index (χ1v) is 8.08. The van der Waals surface area contributed by atoms with Gasteiger partial charge in [-0.2, -0.15) is 0 Å². The molecule has 1 fully saturated rings. The van der Waals surface area contributed by atoms with Crippen LogP contribution in [0.25, 0.3) is 0 Å². The van der Waals surface area contributed by atoms with E-state index in [0.717, 1.165) is 31.6 Å². The number of rotatable bonds is 6. The van der Waals surface area contributed by atoms with E-state index in [0.29, 0.717) is 18.2 Å². The number of hydrogen-bond donors (Lipinski definition) is 1. The van der Waals surface area contributed by atoms with E-state index in [9.17, 15) is 4.79 Å². The molecule has 0 aliphatic carbocycles. The fourth-order valence-corrected chi connectivity index (χ4v) is 2.51. The fraction of sp³-hybridized carbons (Fsp3) is 0.412. The van der Waals surface area contributed by atoms with Crippen molar-refractivity contribution in [3.63, 3.8) is 0 Å². The standard InChI is InChI=1S/C17H20N4O4/c1-23-17(22)14-10-18-11-21-16(14)20-9-12-2-5-19-15(8-12)25-13-3-6-24-7-4-13/h2,5,8,10-11,13H,3-4,6-7,9H2,1H3,(H,18,20,21). The Balaban J connectivity index is 1.64. The van der Waals surface area contributed by atoms with E-state index in [1.807, 2.05) is 12.1 Å². The molecule has 2 aromatic rings. The molecule has 3 heterocycles. The SMILES string of the molecule is COC(=O)c1cncnc1NCc1ccnc(OC2CCOCC2)c1. The second-order valence-electron chi connectivity index (χ2n) is 5.56. The predicted octanol–water partition coefficient (Wildman–Crippen LogP) is 1.83. The first kappa shape index (κ1) is 17.1. The van der Waals surface area contributed by atoms with Gasteiger partial charge in [0, 0.05) is 37.8 Å². The molecule has 1 aliphatic heterocycles. The molecule has 0 spiro atoms. The van der Waals surface area contributed by atoms with Gasteiger partial charge in [0.15, 0.2) is 0 Å².